The molecule has 4 saturated carbocycles. The maximum Gasteiger partial charge on any atom is 0.524 e. The highest BCUT2D eigenvalue weighted by Gasteiger charge is 2.58. The Morgan fingerprint density at radius 1 is 0.810 bits per heavy atom. The van der Waals surface area contributed by atoms with Gasteiger partial charge in [-0.15, -0.1) is 0 Å². The van der Waals surface area contributed by atoms with Gasteiger partial charge in [0.2, 0.25) is 0 Å². The summed E-state index contributed by atoms with van der Waals surface area (Å²) in [7, 11) is -5.25. The smallest absolute Gasteiger partial charge is 0.433 e. The Morgan fingerprint density at radius 3 is 1.64 bits per heavy atom. The van der Waals surface area contributed by atoms with Gasteiger partial charge in [-0.05, 0) is 92.2 Å². The van der Waals surface area contributed by atoms with Gasteiger partial charge < -0.3 is 14.0 Å². The third kappa shape index (κ3) is 6.98. The van der Waals surface area contributed by atoms with E-state index >= 15 is 0 Å². The van der Waals surface area contributed by atoms with Gasteiger partial charge in [0.15, 0.2) is 14.7 Å². The molecule has 2 atom stereocenters. The zero-order valence-electron chi connectivity index (χ0n) is 23.1. The summed E-state index contributed by atoms with van der Waals surface area (Å²) in [4.78, 5) is 15.5. The van der Waals surface area contributed by atoms with Crippen LogP contribution in [0.2, 0.25) is 0 Å². The van der Waals surface area contributed by atoms with Crippen molar-refractivity contribution in [3.05, 3.63) is 91.0 Å². The Kier molecular flexibility index (Phi) is 9.25. The largest absolute Gasteiger partial charge is 0.524 e. The Hall–Kier alpha value is -2.95. The second kappa shape index (κ2) is 12.7. The normalized spacial score (nSPS) is 26.0. The summed E-state index contributed by atoms with van der Waals surface area (Å²) in [5.41, 5.74) is -0.452. The van der Waals surface area contributed by atoms with Crippen molar-refractivity contribution in [1.29, 1.82) is 0 Å². The van der Waals surface area contributed by atoms with Crippen molar-refractivity contribution < 1.29 is 36.0 Å². The van der Waals surface area contributed by atoms with Gasteiger partial charge in [-0.1, -0.05) is 54.6 Å². The van der Waals surface area contributed by atoms with Crippen LogP contribution in [0.1, 0.15) is 38.5 Å². The molecule has 0 amide bonds. The molecule has 3 aromatic carbocycles. The van der Waals surface area contributed by atoms with Gasteiger partial charge in [-0.25, -0.2) is 4.79 Å². The molecule has 2 unspecified atom stereocenters. The average Bonchev–Trinajstić information content (AvgIpc) is 2.97. The lowest BCUT2D eigenvalue weighted by Gasteiger charge is -2.61. The highest BCUT2D eigenvalue weighted by atomic mass is 32.2. The zero-order valence-corrected chi connectivity index (χ0v) is 24.7. The first-order valence-electron chi connectivity index (χ1n) is 14.0. The molecule has 6 nitrogen and oxygen atoms in total. The first-order chi connectivity index (χ1) is 20.1. The van der Waals surface area contributed by atoms with Gasteiger partial charge >= 0.3 is 22.0 Å². The molecule has 42 heavy (non-hydrogen) atoms. The fourth-order valence-corrected chi connectivity index (χ4v) is 9.86. The van der Waals surface area contributed by atoms with E-state index in [1.54, 1.807) is 0 Å². The van der Waals surface area contributed by atoms with Gasteiger partial charge in [0, 0.05) is 12.0 Å². The Bertz CT molecular complexity index is 1330. The lowest BCUT2D eigenvalue weighted by molar-refractivity contribution is -0.147. The predicted octanol–water partition coefficient (Wildman–Crippen LogP) is 7.05. The Morgan fingerprint density at radius 2 is 1.24 bits per heavy atom. The van der Waals surface area contributed by atoms with E-state index in [1.807, 2.05) is 0 Å². The molecule has 4 aliphatic rings. The minimum Gasteiger partial charge on any atom is -0.433 e. The van der Waals surface area contributed by atoms with E-state index < -0.39 is 22.0 Å². The van der Waals surface area contributed by atoms with Crippen molar-refractivity contribution in [2.75, 3.05) is 13.2 Å². The van der Waals surface area contributed by atoms with Crippen molar-refractivity contribution in [3.8, 4) is 0 Å². The van der Waals surface area contributed by atoms with E-state index in [-0.39, 0.29) is 34.9 Å². The van der Waals surface area contributed by atoms with E-state index in [2.05, 4.69) is 95.2 Å². The van der Waals surface area contributed by atoms with Crippen LogP contribution in [-0.4, -0.2) is 38.7 Å². The fraction of sp³-hybridized carbons (Fsp3) is 0.406. The highest BCUT2D eigenvalue weighted by Crippen LogP contribution is 2.65. The number of aliphatic hydroxyl groups excluding tert-OH is 1. The molecule has 224 valence electrons. The van der Waals surface area contributed by atoms with Crippen LogP contribution in [0.3, 0.4) is 0 Å². The summed E-state index contributed by atoms with van der Waals surface area (Å²) in [5.74, 6) is -2.85. The summed E-state index contributed by atoms with van der Waals surface area (Å²) >= 11 is 0. The number of halogens is 2. The number of hydrogen-bond acceptors (Lipinski definition) is 6. The Balaban J connectivity index is 0.000000171. The molecule has 4 aliphatic carbocycles. The van der Waals surface area contributed by atoms with Crippen LogP contribution in [0.15, 0.2) is 106 Å². The molecule has 0 heterocycles. The molecule has 0 aromatic heterocycles. The molecule has 7 rings (SSSR count). The number of carbonyl (C=O) groups excluding carboxylic acids is 1. The monoisotopic (exact) mass is 617 g/mol. The number of alkyl halides is 2. The minimum absolute atomic E-state index is 0.0146. The Labute approximate surface area is 248 Å². The third-order valence-electron chi connectivity index (χ3n) is 8.47. The van der Waals surface area contributed by atoms with Crippen LogP contribution >= 0.6 is 0 Å². The standard InChI is InChI=1S/C18H15S.C14H20F2O6S/c1-4-10-16(11-5-1)19(17-12-6-2-7-13-17)18-14-8-3-9-15-18;15-11(16)23(19,20)22-12(18)21-8-14-4-9-1-10(5-14)3-13(2-9,6-14)7-17/h1-15H;9-11,17H,1-8H2/q+1;. The molecule has 0 spiro atoms. The van der Waals surface area contributed by atoms with Crippen LogP contribution in [0.4, 0.5) is 13.6 Å². The van der Waals surface area contributed by atoms with Gasteiger partial charge in [-0.2, -0.15) is 17.2 Å². The molecule has 4 bridgehead atoms. The molecule has 0 radical (unpaired) electrons. The van der Waals surface area contributed by atoms with Crippen molar-refractivity contribution >= 4 is 27.2 Å². The van der Waals surface area contributed by atoms with Crippen LogP contribution in [0.5, 0.6) is 0 Å². The lowest BCUT2D eigenvalue weighted by Crippen LogP contribution is -2.55. The summed E-state index contributed by atoms with van der Waals surface area (Å²) in [6.07, 6.45) is 3.82. The molecule has 0 aliphatic heterocycles. The average molecular weight is 618 g/mol. The van der Waals surface area contributed by atoms with Crippen molar-refractivity contribution in [2.45, 2.75) is 59.0 Å². The topological polar surface area (TPSA) is 89.9 Å². The zero-order chi connectivity index (χ0) is 29.8. The first kappa shape index (κ1) is 30.5. The van der Waals surface area contributed by atoms with Gasteiger partial charge in [0.05, 0.1) is 10.9 Å². The van der Waals surface area contributed by atoms with Crippen LogP contribution in [0.25, 0.3) is 0 Å². The summed E-state index contributed by atoms with van der Waals surface area (Å²) in [5, 5.41) is 9.74. The molecule has 1 N–H and O–H groups in total. The summed E-state index contributed by atoms with van der Waals surface area (Å²) in [6, 6.07) is 32.2. The number of aliphatic hydroxyl groups is 1. The number of hydrogen-bond donors (Lipinski definition) is 1. The molecule has 10 heteroatoms. The maximum atomic E-state index is 12.2. The molecular formula is C32H35F2O6S2+. The molecule has 3 aromatic rings. The molecular weight excluding hydrogens is 582 g/mol. The van der Waals surface area contributed by atoms with Crippen molar-refractivity contribution in [2.24, 2.45) is 22.7 Å². The van der Waals surface area contributed by atoms with E-state index in [0.29, 0.717) is 18.3 Å². The molecule has 0 saturated heterocycles. The predicted molar refractivity (Wildman–Crippen MR) is 155 cm³/mol. The van der Waals surface area contributed by atoms with Crippen LogP contribution in [-0.2, 0) is 29.9 Å². The lowest BCUT2D eigenvalue weighted by atomic mass is 9.44. The van der Waals surface area contributed by atoms with Crippen LogP contribution in [0, 0.1) is 22.7 Å². The van der Waals surface area contributed by atoms with Gasteiger partial charge in [-0.3, -0.25) is 0 Å². The maximum absolute atomic E-state index is 12.2. The number of rotatable bonds is 8. The first-order valence-corrected chi connectivity index (χ1v) is 16.7. The molecule has 4 fully saturated rings. The quantitative estimate of drug-likeness (QED) is 0.166. The fourth-order valence-electron chi connectivity index (χ4n) is 7.45. The van der Waals surface area contributed by atoms with E-state index in [4.69, 9.17) is 4.74 Å². The number of benzene rings is 3. The van der Waals surface area contributed by atoms with Crippen LogP contribution < -0.4 is 0 Å². The highest BCUT2D eigenvalue weighted by molar-refractivity contribution is 7.97. The third-order valence-corrected chi connectivity index (χ3v) is 11.5. The summed E-state index contributed by atoms with van der Waals surface area (Å²) < 4.78 is 54.6. The second-order valence-corrected chi connectivity index (χ2v) is 15.3. The number of ether oxygens (including phenoxy) is 1. The number of carbonyl (C=O) groups is 1. The van der Waals surface area contributed by atoms with Crippen molar-refractivity contribution in [3.63, 3.8) is 0 Å². The van der Waals surface area contributed by atoms with Gasteiger partial charge in [0.25, 0.3) is 0 Å². The van der Waals surface area contributed by atoms with E-state index in [9.17, 15) is 27.1 Å². The minimum atomic E-state index is -5.24. The van der Waals surface area contributed by atoms with Gasteiger partial charge in [0.1, 0.15) is 6.61 Å². The SMILES string of the molecule is O=C(OCC12CC3CC(CC(CO)(C3)C1)C2)OS(=O)(=O)C(F)F.c1ccc([S+](c2ccccc2)c2ccccc2)cc1. The second-order valence-electron chi connectivity index (χ2n) is 11.7. The van der Waals surface area contributed by atoms with Crippen molar-refractivity contribution in [1.82, 2.24) is 0 Å². The van der Waals surface area contributed by atoms with E-state index in [1.165, 1.54) is 14.7 Å². The van der Waals surface area contributed by atoms with E-state index in [0.717, 1.165) is 32.1 Å². The summed E-state index contributed by atoms with van der Waals surface area (Å²) in [6.45, 7) is 0.0330.